The topological polar surface area (TPSA) is 72.1 Å². The Kier molecular flexibility index (Phi) is 4.46. The molecular formula is C19H18N4O2S. The molecule has 0 saturated carbocycles. The van der Waals surface area contributed by atoms with Crippen molar-refractivity contribution in [1.29, 1.82) is 0 Å². The van der Waals surface area contributed by atoms with E-state index in [1.54, 1.807) is 18.5 Å². The number of carbonyl (C=O) groups excluding carboxylic acids is 1. The second kappa shape index (κ2) is 6.92. The van der Waals surface area contributed by atoms with Gasteiger partial charge in [0.2, 0.25) is 0 Å². The molecule has 6 nitrogen and oxygen atoms in total. The maximum absolute atomic E-state index is 12.8. The third-order valence-electron chi connectivity index (χ3n) is 4.41. The number of hydrogen-bond donors (Lipinski definition) is 0. The number of fused-ring (bicyclic) bond motifs is 1. The largest absolute Gasteiger partial charge is 0.439 e. The minimum atomic E-state index is -0.112. The summed E-state index contributed by atoms with van der Waals surface area (Å²) in [5, 5.41) is 0.898. The van der Waals surface area contributed by atoms with Gasteiger partial charge in [-0.3, -0.25) is 4.79 Å². The number of aromatic nitrogens is 3. The summed E-state index contributed by atoms with van der Waals surface area (Å²) < 4.78 is 5.41. The Balaban J connectivity index is 1.50. The lowest BCUT2D eigenvalue weighted by atomic mass is 9.93. The Morgan fingerprint density at radius 1 is 1.23 bits per heavy atom. The van der Waals surface area contributed by atoms with Crippen LogP contribution in [-0.2, 0) is 13.0 Å². The van der Waals surface area contributed by atoms with Crippen LogP contribution in [0.4, 0.5) is 0 Å². The summed E-state index contributed by atoms with van der Waals surface area (Å²) in [6, 6.07) is 6.11. The minimum absolute atomic E-state index is 0.112. The van der Waals surface area contributed by atoms with Gasteiger partial charge in [0, 0.05) is 37.2 Å². The summed E-state index contributed by atoms with van der Waals surface area (Å²) in [7, 11) is 0. The van der Waals surface area contributed by atoms with Gasteiger partial charge in [-0.05, 0) is 43.0 Å². The molecule has 0 unspecified atom stereocenters. The van der Waals surface area contributed by atoms with Gasteiger partial charge in [0.05, 0.1) is 0 Å². The van der Waals surface area contributed by atoms with Crippen LogP contribution in [0, 0.1) is 13.8 Å². The standard InChI is InChI=1S/C19H18N4O2S/c1-12-8-13(2)15-4-7-23(10-14(15)9-12)17(24)16-11-25-19(22-16)26-18-20-5-3-6-21-18/h3,5-6,8-9,11H,4,7,10H2,1-2H3. The Morgan fingerprint density at radius 2 is 2.04 bits per heavy atom. The molecule has 0 radical (unpaired) electrons. The van der Waals surface area contributed by atoms with E-state index < -0.39 is 0 Å². The highest BCUT2D eigenvalue weighted by atomic mass is 32.2. The third kappa shape index (κ3) is 3.35. The molecule has 26 heavy (non-hydrogen) atoms. The lowest BCUT2D eigenvalue weighted by molar-refractivity contribution is 0.0728. The average Bonchev–Trinajstić information content (AvgIpc) is 3.09. The Bertz CT molecular complexity index is 955. The smallest absolute Gasteiger partial charge is 0.276 e. The fourth-order valence-corrected chi connectivity index (χ4v) is 3.89. The number of hydrogen-bond acceptors (Lipinski definition) is 6. The van der Waals surface area contributed by atoms with Gasteiger partial charge >= 0.3 is 0 Å². The molecule has 0 atom stereocenters. The molecule has 3 aromatic rings. The third-order valence-corrected chi connectivity index (χ3v) is 5.17. The minimum Gasteiger partial charge on any atom is -0.439 e. The van der Waals surface area contributed by atoms with Crippen molar-refractivity contribution in [3.05, 3.63) is 64.8 Å². The molecular weight excluding hydrogens is 348 g/mol. The van der Waals surface area contributed by atoms with Crippen LogP contribution in [0.1, 0.15) is 32.7 Å². The molecule has 1 aliphatic rings. The molecule has 7 heteroatoms. The monoisotopic (exact) mass is 366 g/mol. The number of oxazole rings is 1. The van der Waals surface area contributed by atoms with E-state index in [1.807, 2.05) is 4.90 Å². The zero-order valence-electron chi connectivity index (χ0n) is 14.6. The quantitative estimate of drug-likeness (QED) is 0.661. The highest BCUT2D eigenvalue weighted by molar-refractivity contribution is 7.98. The van der Waals surface area contributed by atoms with Gasteiger partial charge < -0.3 is 9.32 Å². The van der Waals surface area contributed by atoms with Crippen LogP contribution in [0.3, 0.4) is 0 Å². The highest BCUT2D eigenvalue weighted by Gasteiger charge is 2.25. The first kappa shape index (κ1) is 16.8. The molecule has 0 bridgehead atoms. The van der Waals surface area contributed by atoms with Crippen LogP contribution in [0.2, 0.25) is 0 Å². The maximum atomic E-state index is 12.8. The summed E-state index contributed by atoms with van der Waals surface area (Å²) in [5.74, 6) is -0.112. The van der Waals surface area contributed by atoms with E-state index in [0.717, 1.165) is 6.42 Å². The van der Waals surface area contributed by atoms with Crippen LogP contribution >= 0.6 is 11.8 Å². The van der Waals surface area contributed by atoms with Crippen molar-refractivity contribution < 1.29 is 9.21 Å². The van der Waals surface area contributed by atoms with Crippen LogP contribution in [0.5, 0.6) is 0 Å². The summed E-state index contributed by atoms with van der Waals surface area (Å²) in [6.45, 7) is 5.51. The van der Waals surface area contributed by atoms with Crippen molar-refractivity contribution in [3.8, 4) is 0 Å². The van der Waals surface area contributed by atoms with Gasteiger partial charge in [-0.25, -0.2) is 9.97 Å². The van der Waals surface area contributed by atoms with E-state index in [9.17, 15) is 4.79 Å². The molecule has 0 fully saturated rings. The van der Waals surface area contributed by atoms with E-state index in [2.05, 4.69) is 40.9 Å². The molecule has 2 aromatic heterocycles. The van der Waals surface area contributed by atoms with Crippen molar-refractivity contribution in [2.45, 2.75) is 37.2 Å². The van der Waals surface area contributed by atoms with Crippen molar-refractivity contribution in [2.75, 3.05) is 6.54 Å². The number of rotatable bonds is 3. The van der Waals surface area contributed by atoms with Crippen LogP contribution < -0.4 is 0 Å². The lowest BCUT2D eigenvalue weighted by Crippen LogP contribution is -2.36. The first-order chi connectivity index (χ1) is 12.6. The van der Waals surface area contributed by atoms with E-state index in [4.69, 9.17) is 4.42 Å². The molecule has 3 heterocycles. The van der Waals surface area contributed by atoms with Crippen molar-refractivity contribution >= 4 is 17.7 Å². The maximum Gasteiger partial charge on any atom is 0.276 e. The predicted molar refractivity (Wildman–Crippen MR) is 97.0 cm³/mol. The number of carbonyl (C=O) groups is 1. The first-order valence-electron chi connectivity index (χ1n) is 8.39. The molecule has 1 aromatic carbocycles. The van der Waals surface area contributed by atoms with Gasteiger partial charge in [-0.1, -0.05) is 17.7 Å². The summed E-state index contributed by atoms with van der Waals surface area (Å²) in [5.41, 5.74) is 5.42. The number of benzene rings is 1. The summed E-state index contributed by atoms with van der Waals surface area (Å²) in [6.07, 6.45) is 5.58. The fourth-order valence-electron chi connectivity index (χ4n) is 3.27. The molecule has 1 amide bonds. The molecule has 0 spiro atoms. The lowest BCUT2D eigenvalue weighted by Gasteiger charge is -2.29. The highest BCUT2D eigenvalue weighted by Crippen LogP contribution is 2.26. The van der Waals surface area contributed by atoms with E-state index >= 15 is 0 Å². The normalized spacial score (nSPS) is 13.5. The molecule has 1 aliphatic heterocycles. The SMILES string of the molecule is Cc1cc(C)c2c(c1)CN(C(=O)c1coc(Sc3ncccn3)n1)CC2. The van der Waals surface area contributed by atoms with E-state index in [1.165, 1.54) is 40.3 Å². The summed E-state index contributed by atoms with van der Waals surface area (Å²) in [4.78, 5) is 27.2. The van der Waals surface area contributed by atoms with Crippen molar-refractivity contribution in [1.82, 2.24) is 19.9 Å². The van der Waals surface area contributed by atoms with Crippen molar-refractivity contribution in [2.24, 2.45) is 0 Å². The average molecular weight is 366 g/mol. The van der Waals surface area contributed by atoms with E-state index in [-0.39, 0.29) is 5.91 Å². The van der Waals surface area contributed by atoms with Gasteiger partial charge in [0.15, 0.2) is 10.9 Å². The van der Waals surface area contributed by atoms with Crippen LogP contribution in [-0.4, -0.2) is 32.3 Å². The Labute approximate surface area is 155 Å². The Morgan fingerprint density at radius 3 is 2.85 bits per heavy atom. The number of amides is 1. The second-order valence-corrected chi connectivity index (χ2v) is 7.25. The fraction of sp³-hybridized carbons (Fsp3) is 0.263. The van der Waals surface area contributed by atoms with E-state index in [0.29, 0.717) is 29.2 Å². The van der Waals surface area contributed by atoms with Gasteiger partial charge in [0.1, 0.15) is 6.26 Å². The zero-order chi connectivity index (χ0) is 18.1. The molecule has 0 aliphatic carbocycles. The zero-order valence-corrected chi connectivity index (χ0v) is 15.4. The van der Waals surface area contributed by atoms with Crippen molar-refractivity contribution in [3.63, 3.8) is 0 Å². The first-order valence-corrected chi connectivity index (χ1v) is 9.20. The molecule has 4 rings (SSSR count). The van der Waals surface area contributed by atoms with Crippen LogP contribution in [0.15, 0.2) is 51.7 Å². The number of nitrogens with zero attached hydrogens (tertiary/aromatic N) is 4. The van der Waals surface area contributed by atoms with Gasteiger partial charge in [-0.2, -0.15) is 4.98 Å². The Hall–Kier alpha value is -2.67. The predicted octanol–water partition coefficient (Wildman–Crippen LogP) is 3.43. The second-order valence-electron chi connectivity index (χ2n) is 6.33. The van der Waals surface area contributed by atoms with Crippen LogP contribution in [0.25, 0.3) is 0 Å². The summed E-state index contributed by atoms with van der Waals surface area (Å²) >= 11 is 1.19. The number of aryl methyl sites for hydroxylation is 2. The van der Waals surface area contributed by atoms with Gasteiger partial charge in [0.25, 0.3) is 11.1 Å². The van der Waals surface area contributed by atoms with Gasteiger partial charge in [-0.15, -0.1) is 0 Å². The molecule has 132 valence electrons. The molecule has 0 N–H and O–H groups in total. The molecule has 0 saturated heterocycles.